The van der Waals surface area contributed by atoms with E-state index in [9.17, 15) is 43.2 Å². The number of hydrogen-bond acceptors (Lipinski definition) is 4. The van der Waals surface area contributed by atoms with Crippen molar-refractivity contribution in [1.29, 1.82) is 0 Å². The molecule has 0 aliphatic rings. The fourth-order valence-corrected chi connectivity index (χ4v) is 3.84. The molecule has 1 radical (unpaired) electrons. The smallest absolute Gasteiger partial charge is 0.214 e. The largest absolute Gasteiger partial charge is 0.501 e. The zero-order valence-corrected chi connectivity index (χ0v) is 11.3. The summed E-state index contributed by atoms with van der Waals surface area (Å²) >= 11 is 0. The molecule has 119 valence electrons. The molecule has 21 heavy (non-hydrogen) atoms. The minimum atomic E-state index is -6.32. The van der Waals surface area contributed by atoms with Gasteiger partial charge < -0.3 is 0 Å². The predicted molar refractivity (Wildman–Crippen MR) is 57.4 cm³/mol. The van der Waals surface area contributed by atoms with Crippen LogP contribution in [0.2, 0.25) is 0 Å². The van der Waals surface area contributed by atoms with E-state index in [1.807, 2.05) is 0 Å². The molecule has 4 nitrogen and oxygen atoms in total. The van der Waals surface area contributed by atoms with Gasteiger partial charge in [-0.2, -0.15) is 26.3 Å². The van der Waals surface area contributed by atoms with Crippen LogP contribution in [0.25, 0.3) is 0 Å². The van der Waals surface area contributed by atoms with Crippen LogP contribution in [-0.2, 0) is 19.7 Å². The van der Waals surface area contributed by atoms with Crippen molar-refractivity contribution in [2.75, 3.05) is 0 Å². The summed E-state index contributed by atoms with van der Waals surface area (Å²) in [5, 5.41) is 0. The highest BCUT2D eigenvalue weighted by Crippen LogP contribution is 2.39. The van der Waals surface area contributed by atoms with Crippen molar-refractivity contribution in [1.82, 2.24) is 0 Å². The van der Waals surface area contributed by atoms with Gasteiger partial charge in [0.05, 0.1) is 9.79 Å². The highest BCUT2D eigenvalue weighted by atomic mass is 32.2. The van der Waals surface area contributed by atoms with Gasteiger partial charge in [0.25, 0.3) is 19.7 Å². The number of alkyl halides is 6. The number of benzene rings is 1. The normalized spacial score (nSPS) is 14.2. The summed E-state index contributed by atoms with van der Waals surface area (Å²) in [5.41, 5.74) is -13.0. The third-order valence-corrected chi connectivity index (χ3v) is 5.51. The van der Waals surface area contributed by atoms with E-state index in [-0.39, 0.29) is 6.07 Å². The Bertz CT molecular complexity index is 758. The Morgan fingerprint density at radius 2 is 1.24 bits per heavy atom. The van der Waals surface area contributed by atoms with Gasteiger partial charge >= 0.3 is 11.0 Å². The highest BCUT2D eigenvalue weighted by molar-refractivity contribution is 7.95. The summed E-state index contributed by atoms with van der Waals surface area (Å²) < 4.78 is 120. The summed E-state index contributed by atoms with van der Waals surface area (Å²) in [6, 6.07) is 1.42. The molecule has 1 aromatic rings. The van der Waals surface area contributed by atoms with Gasteiger partial charge in [-0.15, -0.1) is 0 Å². The van der Waals surface area contributed by atoms with Crippen LogP contribution in [0.1, 0.15) is 5.56 Å². The highest BCUT2D eigenvalue weighted by Gasteiger charge is 2.54. The molecule has 0 N–H and O–H groups in total. The van der Waals surface area contributed by atoms with E-state index in [0.29, 0.717) is 12.1 Å². The van der Waals surface area contributed by atoms with Gasteiger partial charge in [-0.25, -0.2) is 16.8 Å². The molecule has 1 aromatic carbocycles. The first-order chi connectivity index (χ1) is 9.14. The zero-order chi connectivity index (χ0) is 16.9. The monoisotopic (exact) mass is 355 g/mol. The lowest BCUT2D eigenvalue weighted by Crippen LogP contribution is -2.29. The Balaban J connectivity index is 3.90. The SMILES string of the molecule is [CH2]c1cccc(S(=O)(=O)C(F)(F)F)c1S(=O)(=O)C(F)(F)F. The van der Waals surface area contributed by atoms with Crippen LogP contribution in [0.5, 0.6) is 0 Å². The van der Waals surface area contributed by atoms with E-state index in [0.717, 1.165) is 0 Å². The second-order valence-corrected chi connectivity index (χ2v) is 7.43. The van der Waals surface area contributed by atoms with Crippen LogP contribution in [-0.4, -0.2) is 27.9 Å². The second-order valence-electron chi connectivity index (χ2n) is 3.64. The number of sulfone groups is 2. The lowest BCUT2D eigenvalue weighted by Gasteiger charge is -2.16. The van der Waals surface area contributed by atoms with Crippen LogP contribution >= 0.6 is 0 Å². The lowest BCUT2D eigenvalue weighted by molar-refractivity contribution is -0.0456. The maximum absolute atomic E-state index is 12.5. The van der Waals surface area contributed by atoms with Gasteiger partial charge in [0.1, 0.15) is 0 Å². The van der Waals surface area contributed by atoms with E-state index in [1.165, 1.54) is 0 Å². The average Bonchev–Trinajstić information content (AvgIpc) is 2.24. The van der Waals surface area contributed by atoms with Gasteiger partial charge in [0, 0.05) is 0 Å². The first kappa shape index (κ1) is 17.8. The van der Waals surface area contributed by atoms with Crippen molar-refractivity contribution in [3.63, 3.8) is 0 Å². The van der Waals surface area contributed by atoms with E-state index in [1.54, 1.807) is 0 Å². The van der Waals surface area contributed by atoms with Crippen molar-refractivity contribution in [3.05, 3.63) is 30.7 Å². The molecule has 0 aliphatic heterocycles. The zero-order valence-electron chi connectivity index (χ0n) is 9.66. The van der Waals surface area contributed by atoms with Crippen molar-refractivity contribution in [2.45, 2.75) is 20.8 Å². The Morgan fingerprint density at radius 3 is 1.62 bits per heavy atom. The van der Waals surface area contributed by atoms with Crippen molar-refractivity contribution < 1.29 is 43.2 Å². The van der Waals surface area contributed by atoms with Crippen LogP contribution in [0.3, 0.4) is 0 Å². The minimum absolute atomic E-state index is 0.121. The van der Waals surface area contributed by atoms with Crippen LogP contribution in [0, 0.1) is 6.92 Å². The summed E-state index contributed by atoms with van der Waals surface area (Å²) in [5.74, 6) is 0. The molecular formula is C9H5F6O4S2. The molecule has 0 fully saturated rings. The Kier molecular flexibility index (Phi) is 4.11. The molecule has 12 heteroatoms. The predicted octanol–water partition coefficient (Wildman–Crippen LogP) is 2.46. The molecule has 0 heterocycles. The van der Waals surface area contributed by atoms with E-state index in [4.69, 9.17) is 0 Å². The van der Waals surface area contributed by atoms with Crippen LogP contribution in [0.4, 0.5) is 26.3 Å². The van der Waals surface area contributed by atoms with Gasteiger partial charge in [-0.3, -0.25) is 0 Å². The molecule has 1 rings (SSSR count). The molecule has 0 unspecified atom stereocenters. The molecule has 0 aliphatic carbocycles. The fourth-order valence-electron chi connectivity index (χ4n) is 1.32. The first-order valence-corrected chi connectivity index (χ1v) is 7.68. The summed E-state index contributed by atoms with van der Waals surface area (Å²) in [7, 11) is -12.6. The Morgan fingerprint density at radius 1 is 0.810 bits per heavy atom. The van der Waals surface area contributed by atoms with Gasteiger partial charge in [-0.1, -0.05) is 12.1 Å². The Hall–Kier alpha value is -1.30. The molecule has 0 aromatic heterocycles. The second kappa shape index (κ2) is 4.87. The Labute approximate surface area is 115 Å². The molecular weight excluding hydrogens is 350 g/mol. The van der Waals surface area contributed by atoms with Crippen molar-refractivity contribution >= 4 is 19.7 Å². The average molecular weight is 355 g/mol. The lowest BCUT2D eigenvalue weighted by atomic mass is 10.2. The maximum atomic E-state index is 12.5. The number of hydrogen-bond donors (Lipinski definition) is 0. The van der Waals surface area contributed by atoms with Crippen molar-refractivity contribution in [2.24, 2.45) is 0 Å². The first-order valence-electron chi connectivity index (χ1n) is 4.71. The third-order valence-electron chi connectivity index (χ3n) is 2.23. The molecule has 0 saturated heterocycles. The minimum Gasteiger partial charge on any atom is -0.214 e. The summed E-state index contributed by atoms with van der Waals surface area (Å²) in [4.78, 5) is -4.05. The van der Waals surface area contributed by atoms with Gasteiger partial charge in [-0.05, 0) is 18.6 Å². The molecule has 0 atom stereocenters. The molecule has 0 saturated carbocycles. The number of rotatable bonds is 2. The summed E-state index contributed by atoms with van der Waals surface area (Å²) in [6.07, 6.45) is 0. The van der Waals surface area contributed by atoms with Crippen molar-refractivity contribution in [3.8, 4) is 0 Å². The topological polar surface area (TPSA) is 68.3 Å². The molecule has 0 spiro atoms. The number of halogens is 6. The fraction of sp³-hybridized carbons (Fsp3) is 0.222. The standard InChI is InChI=1S/C9H5F6O4S2/c1-5-3-2-4-6(20(16,17)8(10,11)12)7(5)21(18,19)9(13,14)15/h2-4H,1H2. The quantitative estimate of drug-likeness (QED) is 0.765. The van der Waals surface area contributed by atoms with Crippen LogP contribution < -0.4 is 0 Å². The molecule has 0 bridgehead atoms. The molecule has 0 amide bonds. The van der Waals surface area contributed by atoms with E-state index < -0.39 is 46.0 Å². The van der Waals surface area contributed by atoms with Gasteiger partial charge in [0.2, 0.25) is 0 Å². The van der Waals surface area contributed by atoms with E-state index >= 15 is 0 Å². The summed E-state index contributed by atoms with van der Waals surface area (Å²) in [6.45, 7) is 2.85. The maximum Gasteiger partial charge on any atom is 0.501 e. The van der Waals surface area contributed by atoms with E-state index in [2.05, 4.69) is 6.92 Å². The third kappa shape index (κ3) is 2.86. The van der Waals surface area contributed by atoms with Gasteiger partial charge in [0.15, 0.2) is 0 Å². The van der Waals surface area contributed by atoms with Crippen LogP contribution in [0.15, 0.2) is 28.0 Å².